The predicted octanol–water partition coefficient (Wildman–Crippen LogP) is 4.86. The molecule has 0 saturated heterocycles. The highest BCUT2D eigenvalue weighted by Crippen LogP contribution is 2.15. The molecule has 0 aromatic heterocycles. The fourth-order valence-corrected chi connectivity index (χ4v) is 2.26. The van der Waals surface area contributed by atoms with Crippen LogP contribution in [0.2, 0.25) is 0 Å². The van der Waals surface area contributed by atoms with Crippen LogP contribution in [0.3, 0.4) is 0 Å². The van der Waals surface area contributed by atoms with Gasteiger partial charge in [-0.3, -0.25) is 0 Å². The maximum absolute atomic E-state index is 2.42. The van der Waals surface area contributed by atoms with Gasteiger partial charge in [0.05, 0.1) is 0 Å². The molecule has 16 heavy (non-hydrogen) atoms. The van der Waals surface area contributed by atoms with Gasteiger partial charge in [-0.25, -0.2) is 0 Å². The van der Waals surface area contributed by atoms with Crippen molar-refractivity contribution in [1.29, 1.82) is 0 Å². The summed E-state index contributed by atoms with van der Waals surface area (Å²) in [6, 6.07) is 0.825. The summed E-state index contributed by atoms with van der Waals surface area (Å²) in [5.41, 5.74) is 0. The zero-order valence-corrected chi connectivity index (χ0v) is 12.1. The van der Waals surface area contributed by atoms with Crippen LogP contribution < -0.4 is 0 Å². The summed E-state index contributed by atoms with van der Waals surface area (Å²) in [6.07, 6.45) is 14.0. The molecule has 0 radical (unpaired) electrons. The zero-order chi connectivity index (χ0) is 12.2. The van der Waals surface area contributed by atoms with Gasteiger partial charge in [0, 0.05) is 6.04 Å². The Hall–Kier alpha value is -0.0400. The SMILES string of the molecule is CCCCCCCCC(CCCC)N(C)C. The van der Waals surface area contributed by atoms with E-state index in [1.54, 1.807) is 0 Å². The van der Waals surface area contributed by atoms with Crippen molar-refractivity contribution in [3.05, 3.63) is 0 Å². The first-order valence-electron chi connectivity index (χ1n) is 7.38. The molecule has 0 fully saturated rings. The average Bonchev–Trinajstić information content (AvgIpc) is 2.26. The van der Waals surface area contributed by atoms with Crippen LogP contribution in [0.5, 0.6) is 0 Å². The normalized spacial score (nSPS) is 13.3. The number of hydrogen-bond acceptors (Lipinski definition) is 1. The number of rotatable bonds is 11. The molecule has 0 aromatic rings. The van der Waals surface area contributed by atoms with Crippen LogP contribution in [0.15, 0.2) is 0 Å². The van der Waals surface area contributed by atoms with E-state index in [-0.39, 0.29) is 0 Å². The van der Waals surface area contributed by atoms with Crippen LogP contribution >= 0.6 is 0 Å². The van der Waals surface area contributed by atoms with Gasteiger partial charge in [0.15, 0.2) is 0 Å². The Labute approximate surface area is 104 Å². The van der Waals surface area contributed by atoms with Crippen LogP contribution in [-0.4, -0.2) is 25.0 Å². The second-order valence-corrected chi connectivity index (χ2v) is 5.32. The summed E-state index contributed by atoms with van der Waals surface area (Å²) in [6.45, 7) is 4.57. The van der Waals surface area contributed by atoms with Crippen molar-refractivity contribution in [3.8, 4) is 0 Å². The lowest BCUT2D eigenvalue weighted by molar-refractivity contribution is 0.253. The first-order valence-corrected chi connectivity index (χ1v) is 7.38. The van der Waals surface area contributed by atoms with Crippen LogP contribution in [-0.2, 0) is 0 Å². The molecule has 0 bridgehead atoms. The van der Waals surface area contributed by atoms with Gasteiger partial charge in [0.2, 0.25) is 0 Å². The van der Waals surface area contributed by atoms with E-state index in [9.17, 15) is 0 Å². The summed E-state index contributed by atoms with van der Waals surface area (Å²) in [5, 5.41) is 0. The van der Waals surface area contributed by atoms with E-state index in [2.05, 4.69) is 32.8 Å². The molecule has 0 aliphatic heterocycles. The summed E-state index contributed by atoms with van der Waals surface area (Å²) >= 11 is 0. The van der Waals surface area contributed by atoms with E-state index >= 15 is 0 Å². The van der Waals surface area contributed by atoms with Crippen LogP contribution in [0, 0.1) is 0 Å². The lowest BCUT2D eigenvalue weighted by Crippen LogP contribution is -2.27. The van der Waals surface area contributed by atoms with Gasteiger partial charge in [-0.15, -0.1) is 0 Å². The third kappa shape index (κ3) is 9.21. The standard InChI is InChI=1S/C15H33N/c1-5-7-9-10-11-12-14-15(16(3)4)13-8-6-2/h15H,5-14H2,1-4H3. The molecule has 0 aliphatic rings. The largest absolute Gasteiger partial charge is 0.306 e. The summed E-state index contributed by atoms with van der Waals surface area (Å²) in [7, 11) is 4.47. The van der Waals surface area contributed by atoms with Crippen LogP contribution in [0.1, 0.15) is 78.1 Å². The van der Waals surface area contributed by atoms with E-state index in [4.69, 9.17) is 0 Å². The van der Waals surface area contributed by atoms with Crippen molar-refractivity contribution in [2.45, 2.75) is 84.1 Å². The molecular formula is C15H33N. The van der Waals surface area contributed by atoms with E-state index < -0.39 is 0 Å². The van der Waals surface area contributed by atoms with Crippen LogP contribution in [0.25, 0.3) is 0 Å². The van der Waals surface area contributed by atoms with Gasteiger partial charge in [0.25, 0.3) is 0 Å². The van der Waals surface area contributed by atoms with Crippen molar-refractivity contribution < 1.29 is 0 Å². The van der Waals surface area contributed by atoms with E-state index in [0.717, 1.165) is 6.04 Å². The zero-order valence-electron chi connectivity index (χ0n) is 12.1. The predicted molar refractivity (Wildman–Crippen MR) is 75.0 cm³/mol. The fraction of sp³-hybridized carbons (Fsp3) is 1.00. The molecule has 0 heterocycles. The molecule has 98 valence electrons. The molecule has 0 aromatic carbocycles. The average molecular weight is 227 g/mol. The van der Waals surface area contributed by atoms with E-state index in [1.807, 2.05) is 0 Å². The molecule has 1 atom stereocenters. The lowest BCUT2D eigenvalue weighted by atomic mass is 10.0. The molecule has 1 unspecified atom stereocenters. The smallest absolute Gasteiger partial charge is 0.00891 e. The molecule has 0 saturated carbocycles. The minimum atomic E-state index is 0.825. The Kier molecular flexibility index (Phi) is 11.4. The van der Waals surface area contributed by atoms with Crippen molar-refractivity contribution in [2.75, 3.05) is 14.1 Å². The maximum Gasteiger partial charge on any atom is 0.00891 e. The number of nitrogens with zero attached hydrogens (tertiary/aromatic N) is 1. The highest BCUT2D eigenvalue weighted by atomic mass is 15.1. The van der Waals surface area contributed by atoms with Gasteiger partial charge in [-0.1, -0.05) is 65.2 Å². The molecule has 0 aliphatic carbocycles. The Morgan fingerprint density at radius 1 is 0.688 bits per heavy atom. The molecule has 0 rings (SSSR count). The summed E-state index contributed by atoms with van der Waals surface area (Å²) in [4.78, 5) is 2.42. The van der Waals surface area contributed by atoms with E-state index in [0.29, 0.717) is 0 Å². The van der Waals surface area contributed by atoms with Crippen molar-refractivity contribution in [3.63, 3.8) is 0 Å². The minimum absolute atomic E-state index is 0.825. The second-order valence-electron chi connectivity index (χ2n) is 5.32. The third-order valence-corrected chi connectivity index (χ3v) is 3.51. The molecular weight excluding hydrogens is 194 g/mol. The Morgan fingerprint density at radius 3 is 1.75 bits per heavy atom. The maximum atomic E-state index is 2.42. The number of hydrogen-bond donors (Lipinski definition) is 0. The minimum Gasteiger partial charge on any atom is -0.306 e. The highest BCUT2D eigenvalue weighted by molar-refractivity contribution is 4.66. The first-order chi connectivity index (χ1) is 7.72. The Morgan fingerprint density at radius 2 is 1.19 bits per heavy atom. The van der Waals surface area contributed by atoms with Gasteiger partial charge >= 0.3 is 0 Å². The van der Waals surface area contributed by atoms with Crippen molar-refractivity contribution in [2.24, 2.45) is 0 Å². The molecule has 0 N–H and O–H groups in total. The van der Waals surface area contributed by atoms with Gasteiger partial charge in [-0.05, 0) is 26.9 Å². The fourth-order valence-electron chi connectivity index (χ4n) is 2.26. The summed E-state index contributed by atoms with van der Waals surface area (Å²) < 4.78 is 0. The summed E-state index contributed by atoms with van der Waals surface area (Å²) in [5.74, 6) is 0. The highest BCUT2D eigenvalue weighted by Gasteiger charge is 2.09. The van der Waals surface area contributed by atoms with Crippen molar-refractivity contribution >= 4 is 0 Å². The second kappa shape index (κ2) is 11.4. The monoisotopic (exact) mass is 227 g/mol. The van der Waals surface area contributed by atoms with Crippen LogP contribution in [0.4, 0.5) is 0 Å². The van der Waals surface area contributed by atoms with E-state index in [1.165, 1.54) is 64.2 Å². The Bertz CT molecular complexity index is 131. The van der Waals surface area contributed by atoms with Gasteiger partial charge in [-0.2, -0.15) is 0 Å². The topological polar surface area (TPSA) is 3.24 Å². The molecule has 1 nitrogen and oxygen atoms in total. The first kappa shape index (κ1) is 16.0. The Balaban J connectivity index is 3.44. The quantitative estimate of drug-likeness (QED) is 0.456. The van der Waals surface area contributed by atoms with Gasteiger partial charge in [0.1, 0.15) is 0 Å². The third-order valence-electron chi connectivity index (χ3n) is 3.51. The molecule has 0 amide bonds. The molecule has 1 heteroatoms. The van der Waals surface area contributed by atoms with Gasteiger partial charge < -0.3 is 4.90 Å². The lowest BCUT2D eigenvalue weighted by Gasteiger charge is -2.24. The van der Waals surface area contributed by atoms with Crippen molar-refractivity contribution in [1.82, 2.24) is 4.90 Å². The number of unbranched alkanes of at least 4 members (excludes halogenated alkanes) is 6. The molecule has 0 spiro atoms.